The van der Waals surface area contributed by atoms with Crippen LogP contribution in [0.25, 0.3) is 5.95 Å². The maximum Gasteiger partial charge on any atom is 0.410 e. The summed E-state index contributed by atoms with van der Waals surface area (Å²) in [6, 6.07) is 6.29. The van der Waals surface area contributed by atoms with Crippen molar-refractivity contribution in [2.24, 2.45) is 0 Å². The average Bonchev–Trinajstić information content (AvgIpc) is 3.47. The minimum Gasteiger partial charge on any atom is -0.493 e. The molecule has 1 fully saturated rings. The number of aromatic nitrogens is 4. The molecule has 1 aliphatic rings. The van der Waals surface area contributed by atoms with E-state index in [9.17, 15) is 9.59 Å². The Bertz CT molecular complexity index is 1240. The van der Waals surface area contributed by atoms with Gasteiger partial charge < -0.3 is 19.5 Å². The summed E-state index contributed by atoms with van der Waals surface area (Å²) in [6.45, 7) is 1.40. The summed E-state index contributed by atoms with van der Waals surface area (Å²) in [5, 5.41) is 3.34. The summed E-state index contributed by atoms with van der Waals surface area (Å²) >= 11 is 6.34. The molecule has 3 heterocycles. The van der Waals surface area contributed by atoms with Crippen molar-refractivity contribution in [3.05, 3.63) is 53.7 Å². The van der Waals surface area contributed by atoms with Crippen molar-refractivity contribution in [3.8, 4) is 17.4 Å². The number of imidazole rings is 1. The Morgan fingerprint density at radius 1 is 1.16 bits per heavy atom. The number of nitrogens with zero attached hydrogens (tertiary/aromatic N) is 6. The van der Waals surface area contributed by atoms with E-state index in [-0.39, 0.29) is 30.1 Å². The largest absolute Gasteiger partial charge is 0.493 e. The van der Waals surface area contributed by atoms with Crippen molar-refractivity contribution in [3.63, 3.8) is 0 Å². The number of rotatable bonds is 8. The predicted octanol–water partition coefficient (Wildman–Crippen LogP) is 1.95. The van der Waals surface area contributed by atoms with Gasteiger partial charge in [-0.3, -0.25) is 19.2 Å². The van der Waals surface area contributed by atoms with E-state index in [2.05, 4.69) is 20.3 Å². The number of amides is 2. The van der Waals surface area contributed by atoms with Crippen LogP contribution in [0.3, 0.4) is 0 Å². The van der Waals surface area contributed by atoms with Crippen molar-refractivity contribution in [2.45, 2.75) is 12.5 Å². The molecule has 3 aromatic rings. The number of piperazine rings is 1. The molecule has 196 valence electrons. The number of hydrogen-bond donors (Lipinski definition) is 1. The summed E-state index contributed by atoms with van der Waals surface area (Å²) < 4.78 is 17.3. The summed E-state index contributed by atoms with van der Waals surface area (Å²) in [6.07, 6.45) is 4.70. The third-order valence-electron chi connectivity index (χ3n) is 5.96. The van der Waals surface area contributed by atoms with Gasteiger partial charge >= 0.3 is 6.09 Å². The number of anilines is 1. The van der Waals surface area contributed by atoms with E-state index in [1.54, 1.807) is 31.2 Å². The summed E-state index contributed by atoms with van der Waals surface area (Å²) in [7, 11) is 4.43. The van der Waals surface area contributed by atoms with E-state index in [1.807, 2.05) is 18.2 Å². The molecule has 1 aromatic carbocycles. The van der Waals surface area contributed by atoms with Gasteiger partial charge in [0.05, 0.1) is 21.3 Å². The number of carbonyl (C=O) groups is 2. The molecule has 1 atom stereocenters. The van der Waals surface area contributed by atoms with Crippen LogP contribution in [0.15, 0.2) is 43.0 Å². The molecule has 0 saturated carbocycles. The standard InChI is InChI=1S/C24H28ClN7O5/c1-35-18-5-4-16(12-19(18)36-2)6-9-32(22(33)17-14-26-8-11-31(17)24(34)37-3)21-13-20(25)28-23(29-21)30-10-7-27-15-30/h4-5,7,10,12-13,15,17,26H,6,8-9,11,14H2,1-3H3. The van der Waals surface area contributed by atoms with Crippen LogP contribution >= 0.6 is 11.6 Å². The number of nitrogens with one attached hydrogen (secondary N) is 1. The number of carbonyl (C=O) groups excluding carboxylic acids is 2. The number of benzene rings is 1. The minimum absolute atomic E-state index is 0.157. The molecule has 12 nitrogen and oxygen atoms in total. The first-order valence-corrected chi connectivity index (χ1v) is 11.9. The Hall–Kier alpha value is -3.90. The Labute approximate surface area is 219 Å². The SMILES string of the molecule is COC(=O)N1CCNCC1C(=O)N(CCc1ccc(OC)c(OC)c1)c1cc(Cl)nc(-n2ccnc2)n1. The van der Waals surface area contributed by atoms with Crippen LogP contribution in [-0.2, 0) is 16.0 Å². The van der Waals surface area contributed by atoms with Gasteiger partial charge in [-0.05, 0) is 24.1 Å². The second-order valence-electron chi connectivity index (χ2n) is 8.13. The number of hydrogen-bond acceptors (Lipinski definition) is 9. The Kier molecular flexibility index (Phi) is 8.41. The average molecular weight is 530 g/mol. The first kappa shape index (κ1) is 26.2. The van der Waals surface area contributed by atoms with E-state index < -0.39 is 12.1 Å². The molecule has 0 aliphatic carbocycles. The first-order valence-electron chi connectivity index (χ1n) is 11.6. The van der Waals surface area contributed by atoms with Crippen LogP contribution in [0.2, 0.25) is 5.15 Å². The predicted molar refractivity (Wildman–Crippen MR) is 136 cm³/mol. The highest BCUT2D eigenvalue weighted by atomic mass is 35.5. The molecule has 4 rings (SSSR count). The van der Waals surface area contributed by atoms with Gasteiger partial charge in [-0.2, -0.15) is 4.98 Å². The molecular formula is C24H28ClN7O5. The second-order valence-corrected chi connectivity index (χ2v) is 8.52. The van der Waals surface area contributed by atoms with Gasteiger partial charge in [0.15, 0.2) is 11.5 Å². The summed E-state index contributed by atoms with van der Waals surface area (Å²) in [4.78, 5) is 42.2. The van der Waals surface area contributed by atoms with Gasteiger partial charge in [-0.1, -0.05) is 17.7 Å². The quantitative estimate of drug-likeness (QED) is 0.436. The van der Waals surface area contributed by atoms with Crippen LogP contribution < -0.4 is 19.7 Å². The van der Waals surface area contributed by atoms with E-state index in [4.69, 9.17) is 25.8 Å². The third-order valence-corrected chi connectivity index (χ3v) is 6.15. The molecule has 0 radical (unpaired) electrons. The highest BCUT2D eigenvalue weighted by Crippen LogP contribution is 2.28. The fourth-order valence-corrected chi connectivity index (χ4v) is 4.25. The number of halogens is 1. The van der Waals surface area contributed by atoms with Crippen molar-refractivity contribution in [1.82, 2.24) is 29.7 Å². The first-order chi connectivity index (χ1) is 17.9. The molecule has 37 heavy (non-hydrogen) atoms. The van der Waals surface area contributed by atoms with Gasteiger partial charge in [0.1, 0.15) is 23.3 Å². The molecule has 1 saturated heterocycles. The zero-order valence-electron chi connectivity index (χ0n) is 20.8. The summed E-state index contributed by atoms with van der Waals surface area (Å²) in [5.41, 5.74) is 0.914. The van der Waals surface area contributed by atoms with Crippen molar-refractivity contribution in [2.75, 3.05) is 52.4 Å². The lowest BCUT2D eigenvalue weighted by Gasteiger charge is -2.36. The second kappa shape index (κ2) is 11.9. The van der Waals surface area contributed by atoms with E-state index in [1.165, 1.54) is 29.3 Å². The Morgan fingerprint density at radius 2 is 1.97 bits per heavy atom. The van der Waals surface area contributed by atoms with Crippen LogP contribution in [0.1, 0.15) is 5.56 Å². The van der Waals surface area contributed by atoms with Gasteiger partial charge in [-0.15, -0.1) is 0 Å². The molecule has 13 heteroatoms. The van der Waals surface area contributed by atoms with Crippen LogP contribution in [0, 0.1) is 0 Å². The number of methoxy groups -OCH3 is 3. The zero-order chi connectivity index (χ0) is 26.4. The number of ether oxygens (including phenoxy) is 3. The molecule has 1 aliphatic heterocycles. The highest BCUT2D eigenvalue weighted by Gasteiger charge is 2.36. The lowest BCUT2D eigenvalue weighted by atomic mass is 10.1. The maximum atomic E-state index is 14.0. The van der Waals surface area contributed by atoms with Gasteiger partial charge in [0, 0.05) is 44.6 Å². The van der Waals surface area contributed by atoms with Crippen LogP contribution in [0.4, 0.5) is 10.6 Å². The fourth-order valence-electron chi connectivity index (χ4n) is 4.08. The van der Waals surface area contributed by atoms with Gasteiger partial charge in [-0.25, -0.2) is 14.8 Å². The van der Waals surface area contributed by atoms with Crippen LogP contribution in [-0.4, -0.2) is 90.0 Å². The van der Waals surface area contributed by atoms with Crippen molar-refractivity contribution >= 4 is 29.4 Å². The normalized spacial score (nSPS) is 15.2. The molecule has 2 aromatic heterocycles. The monoisotopic (exact) mass is 529 g/mol. The molecule has 0 spiro atoms. The third kappa shape index (κ3) is 5.92. The van der Waals surface area contributed by atoms with Crippen LogP contribution in [0.5, 0.6) is 11.5 Å². The van der Waals surface area contributed by atoms with E-state index in [0.717, 1.165) is 5.56 Å². The lowest BCUT2D eigenvalue weighted by Crippen LogP contribution is -2.60. The van der Waals surface area contributed by atoms with Gasteiger partial charge in [0.2, 0.25) is 5.95 Å². The lowest BCUT2D eigenvalue weighted by molar-refractivity contribution is -0.123. The van der Waals surface area contributed by atoms with Gasteiger partial charge in [0.25, 0.3) is 5.91 Å². The minimum atomic E-state index is -0.794. The van der Waals surface area contributed by atoms with E-state index in [0.29, 0.717) is 36.8 Å². The molecule has 0 bridgehead atoms. The zero-order valence-corrected chi connectivity index (χ0v) is 21.5. The maximum absolute atomic E-state index is 14.0. The molecule has 2 amide bonds. The molecule has 1 N–H and O–H groups in total. The van der Waals surface area contributed by atoms with E-state index >= 15 is 0 Å². The fraction of sp³-hybridized carbons (Fsp3) is 0.375. The smallest absolute Gasteiger partial charge is 0.410 e. The molecule has 1 unspecified atom stereocenters. The highest BCUT2D eigenvalue weighted by molar-refractivity contribution is 6.29. The Balaban J connectivity index is 1.69. The molecular weight excluding hydrogens is 502 g/mol. The van der Waals surface area contributed by atoms with Crippen molar-refractivity contribution < 1.29 is 23.8 Å². The Morgan fingerprint density at radius 3 is 2.68 bits per heavy atom. The van der Waals surface area contributed by atoms with Crippen molar-refractivity contribution in [1.29, 1.82) is 0 Å². The summed E-state index contributed by atoms with van der Waals surface area (Å²) in [5.74, 6) is 1.41. The topological polar surface area (TPSA) is 124 Å².